The molecule has 2 N–H and O–H groups in total. The van der Waals surface area contributed by atoms with E-state index in [9.17, 15) is 19.1 Å². The van der Waals surface area contributed by atoms with Gasteiger partial charge in [-0.25, -0.2) is 9.07 Å². The van der Waals surface area contributed by atoms with E-state index in [1.807, 2.05) is 51.2 Å². The van der Waals surface area contributed by atoms with Crippen molar-refractivity contribution < 1.29 is 19.1 Å². The van der Waals surface area contributed by atoms with Gasteiger partial charge in [0.05, 0.1) is 11.8 Å². The Morgan fingerprint density at radius 2 is 1.84 bits per heavy atom. The van der Waals surface area contributed by atoms with Gasteiger partial charge < -0.3 is 15.3 Å². The molecule has 5 atom stereocenters. The first-order valence-corrected chi connectivity index (χ1v) is 15.3. The highest BCUT2D eigenvalue weighted by Crippen LogP contribution is 2.40. The van der Waals surface area contributed by atoms with Crippen molar-refractivity contribution in [2.75, 3.05) is 19.6 Å². The monoisotopic (exact) mass is 588 g/mol. The van der Waals surface area contributed by atoms with Crippen LogP contribution in [0.4, 0.5) is 4.39 Å². The lowest BCUT2D eigenvalue weighted by Gasteiger charge is -2.35. The largest absolute Gasteiger partial charge is 0.391 e. The van der Waals surface area contributed by atoms with Crippen LogP contribution in [0.5, 0.6) is 0 Å². The van der Waals surface area contributed by atoms with Crippen LogP contribution in [0, 0.1) is 11.2 Å². The van der Waals surface area contributed by atoms with E-state index in [0.717, 1.165) is 29.7 Å². The number of carbonyl (C=O) groups is 2. The molecule has 2 aromatic carbocycles. The van der Waals surface area contributed by atoms with E-state index in [-0.39, 0.29) is 42.6 Å². The smallest absolute Gasteiger partial charge is 0.248 e. The van der Waals surface area contributed by atoms with Gasteiger partial charge in [-0.1, -0.05) is 68.4 Å². The van der Waals surface area contributed by atoms with E-state index < -0.39 is 23.6 Å². The van der Waals surface area contributed by atoms with Gasteiger partial charge in [-0.2, -0.15) is 0 Å². The Bertz CT molecular complexity index is 1450. The Hall–Kier alpha value is -3.63. The summed E-state index contributed by atoms with van der Waals surface area (Å²) in [6, 6.07) is 14.9. The number of nitrogens with zero attached hydrogens (tertiary/aromatic N) is 5. The highest BCUT2D eigenvalue weighted by Gasteiger charge is 2.46. The highest BCUT2D eigenvalue weighted by atomic mass is 19.1. The molecule has 3 fully saturated rings. The molecule has 3 heterocycles. The molecule has 6 rings (SSSR count). The summed E-state index contributed by atoms with van der Waals surface area (Å²) in [7, 11) is 0. The summed E-state index contributed by atoms with van der Waals surface area (Å²) in [5, 5.41) is 22.5. The molecule has 228 valence electrons. The summed E-state index contributed by atoms with van der Waals surface area (Å²) in [5.74, 6) is -0.600. The molecular weight excluding hydrogens is 547 g/mol. The number of amides is 2. The van der Waals surface area contributed by atoms with Crippen LogP contribution in [-0.4, -0.2) is 79.5 Å². The second-order valence-electron chi connectivity index (χ2n) is 13.5. The van der Waals surface area contributed by atoms with Crippen molar-refractivity contribution >= 4 is 11.8 Å². The van der Waals surface area contributed by atoms with Gasteiger partial charge in [-0.15, -0.1) is 5.10 Å². The van der Waals surface area contributed by atoms with Crippen LogP contribution in [-0.2, 0) is 16.1 Å². The number of hydrogen-bond donors (Lipinski definition) is 2. The third-order valence-electron chi connectivity index (χ3n) is 8.96. The van der Waals surface area contributed by atoms with Crippen LogP contribution in [0.3, 0.4) is 0 Å². The van der Waals surface area contributed by atoms with Gasteiger partial charge in [0.2, 0.25) is 11.8 Å². The zero-order valence-electron chi connectivity index (χ0n) is 25.1. The van der Waals surface area contributed by atoms with E-state index in [2.05, 4.69) is 32.7 Å². The van der Waals surface area contributed by atoms with E-state index in [1.54, 1.807) is 10.7 Å². The van der Waals surface area contributed by atoms with Crippen LogP contribution < -0.4 is 5.32 Å². The zero-order valence-corrected chi connectivity index (χ0v) is 25.1. The standard InChI is InChI=1S/C33H41FN6O3/c1-33(2,3)30(40-20-27(36-37-40)22-12-13-22)32(43)39-17-25(41)15-29(39)31(42)35-28-19-38(16-21-8-5-4-6-9-21)18-26(28)23-10-7-11-24(34)14-23/h4-11,14,20,22,25-26,28-30,41H,12-13,15-19H2,1-3H3,(H,35,42)/t25-,26+,28-,29+,30-/m1/s1. The Balaban J connectivity index is 1.22. The molecule has 3 aliphatic rings. The summed E-state index contributed by atoms with van der Waals surface area (Å²) >= 11 is 0. The summed E-state index contributed by atoms with van der Waals surface area (Å²) in [6.45, 7) is 7.93. The molecule has 0 unspecified atom stereocenters. The normalized spacial score (nSPS) is 25.2. The summed E-state index contributed by atoms with van der Waals surface area (Å²) < 4.78 is 15.9. The molecule has 0 radical (unpaired) electrons. The number of rotatable bonds is 8. The molecule has 9 nitrogen and oxygen atoms in total. The minimum Gasteiger partial charge on any atom is -0.391 e. The number of β-amino-alcohol motifs (C(OH)–C–C–N with tert-alkyl or cyclic N) is 1. The Morgan fingerprint density at radius 3 is 2.53 bits per heavy atom. The SMILES string of the molecule is CC(C)(C)[C@@H](C(=O)N1C[C@H](O)C[C@H]1C(=O)N[C@@H]1CN(Cc2ccccc2)C[C@H]1c1cccc(F)c1)n1cc(C2CC2)nn1. The zero-order chi connectivity index (χ0) is 30.3. The second kappa shape index (κ2) is 11.8. The van der Waals surface area contributed by atoms with Crippen LogP contribution in [0.2, 0.25) is 0 Å². The molecule has 1 saturated carbocycles. The second-order valence-corrected chi connectivity index (χ2v) is 13.5. The van der Waals surface area contributed by atoms with E-state index in [1.165, 1.54) is 17.0 Å². The fourth-order valence-corrected chi connectivity index (χ4v) is 6.68. The third-order valence-corrected chi connectivity index (χ3v) is 8.96. The number of aromatic nitrogens is 3. The van der Waals surface area contributed by atoms with Crippen molar-refractivity contribution in [3.8, 4) is 0 Å². The summed E-state index contributed by atoms with van der Waals surface area (Å²) in [6.07, 6.45) is 3.36. The fraction of sp³-hybridized carbons (Fsp3) is 0.515. The molecule has 1 aliphatic carbocycles. The van der Waals surface area contributed by atoms with Gasteiger partial charge >= 0.3 is 0 Å². The average molecular weight is 589 g/mol. The Morgan fingerprint density at radius 1 is 1.07 bits per heavy atom. The molecule has 2 aliphatic heterocycles. The molecule has 3 aromatic rings. The maximum Gasteiger partial charge on any atom is 0.248 e. The first-order valence-electron chi connectivity index (χ1n) is 15.3. The van der Waals surface area contributed by atoms with Crippen molar-refractivity contribution in [2.24, 2.45) is 5.41 Å². The lowest BCUT2D eigenvalue weighted by atomic mass is 9.85. The molecule has 1 aromatic heterocycles. The first-order chi connectivity index (χ1) is 20.6. The van der Waals surface area contributed by atoms with Gasteiger partial charge in [0.15, 0.2) is 0 Å². The molecule has 2 saturated heterocycles. The Kier molecular flexibility index (Phi) is 8.08. The van der Waals surface area contributed by atoms with Gasteiger partial charge in [-0.3, -0.25) is 14.5 Å². The predicted octanol–water partition coefficient (Wildman–Crippen LogP) is 3.63. The number of aliphatic hydroxyl groups is 1. The third kappa shape index (κ3) is 6.50. The lowest BCUT2D eigenvalue weighted by molar-refractivity contribution is -0.144. The van der Waals surface area contributed by atoms with Gasteiger partial charge in [0.1, 0.15) is 17.9 Å². The molecule has 2 amide bonds. The first kappa shape index (κ1) is 29.4. The topological polar surface area (TPSA) is 104 Å². The number of carbonyl (C=O) groups excluding carboxylic acids is 2. The number of halogens is 1. The minimum absolute atomic E-state index is 0.0752. The number of hydrogen-bond acceptors (Lipinski definition) is 6. The van der Waals surface area contributed by atoms with E-state index in [0.29, 0.717) is 25.6 Å². The van der Waals surface area contributed by atoms with Crippen LogP contribution >= 0.6 is 0 Å². The van der Waals surface area contributed by atoms with Crippen molar-refractivity contribution in [1.82, 2.24) is 30.1 Å². The minimum atomic E-state index is -0.824. The van der Waals surface area contributed by atoms with E-state index >= 15 is 0 Å². The van der Waals surface area contributed by atoms with Crippen molar-refractivity contribution in [3.05, 3.63) is 83.4 Å². The molecule has 0 spiro atoms. The van der Waals surface area contributed by atoms with Crippen molar-refractivity contribution in [2.45, 2.75) is 82.6 Å². The molecule has 43 heavy (non-hydrogen) atoms. The summed E-state index contributed by atoms with van der Waals surface area (Å²) in [5.41, 5.74) is 2.37. The predicted molar refractivity (Wildman–Crippen MR) is 159 cm³/mol. The quantitative estimate of drug-likeness (QED) is 0.417. The average Bonchev–Trinajstić information content (AvgIpc) is 3.36. The summed E-state index contributed by atoms with van der Waals surface area (Å²) in [4.78, 5) is 31.9. The number of benzene rings is 2. The highest BCUT2D eigenvalue weighted by molar-refractivity contribution is 5.90. The number of nitrogens with one attached hydrogen (secondary N) is 1. The molecular formula is C33H41FN6O3. The van der Waals surface area contributed by atoms with Gasteiger partial charge in [0, 0.05) is 56.7 Å². The van der Waals surface area contributed by atoms with Gasteiger partial charge in [0.25, 0.3) is 0 Å². The number of likely N-dealkylation sites (tertiary alicyclic amines) is 2. The number of aliphatic hydroxyl groups excluding tert-OH is 1. The molecule has 10 heteroatoms. The van der Waals surface area contributed by atoms with Crippen molar-refractivity contribution in [3.63, 3.8) is 0 Å². The van der Waals surface area contributed by atoms with Crippen LogP contribution in [0.1, 0.15) is 74.7 Å². The van der Waals surface area contributed by atoms with Crippen molar-refractivity contribution in [1.29, 1.82) is 0 Å². The van der Waals surface area contributed by atoms with E-state index in [4.69, 9.17) is 0 Å². The fourth-order valence-electron chi connectivity index (χ4n) is 6.68. The van der Waals surface area contributed by atoms with Crippen LogP contribution in [0.25, 0.3) is 0 Å². The maximum absolute atomic E-state index is 14.3. The van der Waals surface area contributed by atoms with Gasteiger partial charge in [-0.05, 0) is 41.5 Å². The lowest BCUT2D eigenvalue weighted by Crippen LogP contribution is -2.53. The molecule has 0 bridgehead atoms. The maximum atomic E-state index is 14.3. The Labute approximate surface area is 252 Å². The van der Waals surface area contributed by atoms with Crippen LogP contribution in [0.15, 0.2) is 60.8 Å².